The van der Waals surface area contributed by atoms with Gasteiger partial charge >= 0.3 is 12.0 Å². The first-order valence-corrected chi connectivity index (χ1v) is 7.06. The Balaban J connectivity index is 2.18. The van der Waals surface area contributed by atoms with Gasteiger partial charge in [0.1, 0.15) is 6.04 Å². The topological polar surface area (TPSA) is 72.9 Å². The molecule has 114 valence electrons. The number of amides is 2. The van der Waals surface area contributed by atoms with E-state index in [1.807, 2.05) is 25.2 Å². The van der Waals surface area contributed by atoms with Crippen molar-refractivity contribution in [2.24, 2.45) is 0 Å². The fourth-order valence-electron chi connectivity index (χ4n) is 2.59. The number of carboxylic acids is 1. The van der Waals surface area contributed by atoms with Crippen LogP contribution in [0.15, 0.2) is 24.3 Å². The van der Waals surface area contributed by atoms with Gasteiger partial charge < -0.3 is 15.3 Å². The maximum Gasteiger partial charge on any atom is 0.327 e. The minimum Gasteiger partial charge on any atom is -0.480 e. The van der Waals surface area contributed by atoms with Crippen LogP contribution in [0.1, 0.15) is 12.0 Å². The molecule has 1 aliphatic heterocycles. The second-order valence-corrected chi connectivity index (χ2v) is 5.22. The summed E-state index contributed by atoms with van der Waals surface area (Å²) < 4.78 is 0. The first-order valence-electron chi connectivity index (χ1n) is 7.06. The molecule has 2 amide bonds. The van der Waals surface area contributed by atoms with E-state index in [4.69, 9.17) is 0 Å². The van der Waals surface area contributed by atoms with E-state index in [1.54, 1.807) is 18.0 Å². The summed E-state index contributed by atoms with van der Waals surface area (Å²) in [7, 11) is 3.57. The van der Waals surface area contributed by atoms with Crippen molar-refractivity contribution in [2.45, 2.75) is 18.9 Å². The molecule has 0 saturated carbocycles. The average molecular weight is 291 g/mol. The van der Waals surface area contributed by atoms with Gasteiger partial charge in [0, 0.05) is 25.7 Å². The number of nitrogens with one attached hydrogen (secondary N) is 1. The molecule has 21 heavy (non-hydrogen) atoms. The van der Waals surface area contributed by atoms with Crippen molar-refractivity contribution in [3.63, 3.8) is 0 Å². The van der Waals surface area contributed by atoms with E-state index in [0.717, 1.165) is 18.5 Å². The van der Waals surface area contributed by atoms with Crippen LogP contribution in [0.5, 0.6) is 0 Å². The molecule has 0 saturated heterocycles. The molecule has 0 aliphatic carbocycles. The van der Waals surface area contributed by atoms with Crippen molar-refractivity contribution >= 4 is 17.7 Å². The van der Waals surface area contributed by atoms with Crippen molar-refractivity contribution in [1.82, 2.24) is 10.2 Å². The van der Waals surface area contributed by atoms with Crippen molar-refractivity contribution in [3.8, 4) is 0 Å². The van der Waals surface area contributed by atoms with Crippen LogP contribution in [0, 0.1) is 0 Å². The lowest BCUT2D eigenvalue weighted by molar-refractivity contribution is -0.138. The van der Waals surface area contributed by atoms with Gasteiger partial charge in [0.2, 0.25) is 0 Å². The summed E-state index contributed by atoms with van der Waals surface area (Å²) in [4.78, 5) is 27.0. The third kappa shape index (κ3) is 3.16. The first kappa shape index (κ1) is 15.3. The molecule has 1 aromatic rings. The largest absolute Gasteiger partial charge is 0.480 e. The monoisotopic (exact) mass is 291 g/mol. The van der Waals surface area contributed by atoms with Crippen LogP contribution < -0.4 is 10.2 Å². The van der Waals surface area contributed by atoms with Crippen molar-refractivity contribution in [1.29, 1.82) is 0 Å². The Morgan fingerprint density at radius 3 is 2.81 bits per heavy atom. The lowest BCUT2D eigenvalue weighted by Gasteiger charge is -2.28. The van der Waals surface area contributed by atoms with Gasteiger partial charge in [-0.15, -0.1) is 0 Å². The van der Waals surface area contributed by atoms with Gasteiger partial charge in [-0.2, -0.15) is 0 Å². The Hall–Kier alpha value is -2.08. The van der Waals surface area contributed by atoms with Crippen LogP contribution in [0.2, 0.25) is 0 Å². The molecule has 1 heterocycles. The Morgan fingerprint density at radius 1 is 1.43 bits per heavy atom. The summed E-state index contributed by atoms with van der Waals surface area (Å²) in [6.45, 7) is 1.40. The lowest BCUT2D eigenvalue weighted by Crippen LogP contribution is -2.48. The number of benzene rings is 1. The van der Waals surface area contributed by atoms with Crippen LogP contribution in [0.3, 0.4) is 0 Å². The molecule has 6 heteroatoms. The molecule has 1 aliphatic rings. The smallest absolute Gasteiger partial charge is 0.327 e. The van der Waals surface area contributed by atoms with E-state index in [9.17, 15) is 14.7 Å². The van der Waals surface area contributed by atoms with Crippen molar-refractivity contribution in [3.05, 3.63) is 29.8 Å². The molecule has 0 spiro atoms. The fraction of sp³-hybridized carbons (Fsp3) is 0.467. The Morgan fingerprint density at radius 2 is 2.14 bits per heavy atom. The van der Waals surface area contributed by atoms with Gasteiger partial charge in [0.05, 0.1) is 0 Å². The van der Waals surface area contributed by atoms with Gasteiger partial charge in [-0.3, -0.25) is 4.90 Å². The number of urea groups is 1. The number of carbonyl (C=O) groups is 2. The highest BCUT2D eigenvalue weighted by Crippen LogP contribution is 2.32. The second kappa shape index (κ2) is 6.58. The average Bonchev–Trinajstić information content (AvgIpc) is 2.86. The summed E-state index contributed by atoms with van der Waals surface area (Å²) in [5.41, 5.74) is 1.61. The minimum atomic E-state index is -0.969. The lowest BCUT2D eigenvalue weighted by atomic mass is 10.1. The minimum absolute atomic E-state index is 0.261. The van der Waals surface area contributed by atoms with E-state index in [-0.39, 0.29) is 6.03 Å². The van der Waals surface area contributed by atoms with Crippen LogP contribution in [-0.2, 0) is 11.2 Å². The predicted octanol–water partition coefficient (Wildman–Crippen LogP) is 1.16. The Labute approximate surface area is 124 Å². The van der Waals surface area contributed by atoms with Crippen LogP contribution >= 0.6 is 0 Å². The number of carboxylic acid groups (broad SMARTS) is 1. The Bertz CT molecular complexity index is 533. The molecule has 2 N–H and O–H groups in total. The highest BCUT2D eigenvalue weighted by Gasteiger charge is 2.39. The van der Waals surface area contributed by atoms with E-state index >= 15 is 0 Å². The summed E-state index contributed by atoms with van der Waals surface area (Å²) in [5.74, 6) is -0.969. The number of fused-ring (bicyclic) bond motifs is 1. The number of aliphatic carboxylic acids is 1. The quantitative estimate of drug-likeness (QED) is 0.799. The zero-order valence-electron chi connectivity index (χ0n) is 12.4. The number of anilines is 1. The maximum absolute atomic E-state index is 12.6. The SMILES string of the molecule is CNCCCN(C)C(=O)N1c2ccccc2CC1C(=O)O. The number of rotatable bonds is 5. The molecule has 0 aromatic heterocycles. The van der Waals surface area contributed by atoms with Gasteiger partial charge in [-0.25, -0.2) is 9.59 Å². The zero-order chi connectivity index (χ0) is 15.4. The molecular weight excluding hydrogens is 270 g/mol. The summed E-state index contributed by atoms with van der Waals surface area (Å²) in [5, 5.41) is 12.4. The second-order valence-electron chi connectivity index (χ2n) is 5.22. The van der Waals surface area contributed by atoms with Crippen LogP contribution in [0.25, 0.3) is 0 Å². The van der Waals surface area contributed by atoms with Gasteiger partial charge in [-0.1, -0.05) is 18.2 Å². The van der Waals surface area contributed by atoms with E-state index in [1.165, 1.54) is 4.90 Å². The molecular formula is C15H21N3O3. The molecule has 1 atom stereocenters. The molecule has 1 unspecified atom stereocenters. The maximum atomic E-state index is 12.6. The van der Waals surface area contributed by atoms with Gasteiger partial charge in [0.25, 0.3) is 0 Å². The third-order valence-electron chi connectivity index (χ3n) is 3.71. The highest BCUT2D eigenvalue weighted by molar-refractivity contribution is 6.00. The number of nitrogens with zero attached hydrogens (tertiary/aromatic N) is 2. The van der Waals surface area contributed by atoms with E-state index in [0.29, 0.717) is 18.7 Å². The molecule has 6 nitrogen and oxygen atoms in total. The Kier molecular flexibility index (Phi) is 4.80. The van der Waals surface area contributed by atoms with E-state index < -0.39 is 12.0 Å². The highest BCUT2D eigenvalue weighted by atomic mass is 16.4. The number of hydrogen-bond donors (Lipinski definition) is 2. The fourth-order valence-corrected chi connectivity index (χ4v) is 2.59. The molecule has 0 bridgehead atoms. The molecule has 0 radical (unpaired) electrons. The summed E-state index contributed by atoms with van der Waals surface area (Å²) in [6, 6.07) is 6.29. The zero-order valence-corrected chi connectivity index (χ0v) is 12.4. The summed E-state index contributed by atoms with van der Waals surface area (Å²) >= 11 is 0. The normalized spacial score (nSPS) is 16.7. The van der Waals surface area contributed by atoms with Crippen LogP contribution in [0.4, 0.5) is 10.5 Å². The van der Waals surface area contributed by atoms with Crippen molar-refractivity contribution in [2.75, 3.05) is 32.1 Å². The summed E-state index contributed by atoms with van der Waals surface area (Å²) in [6.07, 6.45) is 1.19. The van der Waals surface area contributed by atoms with Gasteiger partial charge in [-0.05, 0) is 31.6 Å². The number of para-hydroxylation sites is 1. The number of carbonyl (C=O) groups excluding carboxylic acids is 1. The molecule has 0 fully saturated rings. The number of hydrogen-bond acceptors (Lipinski definition) is 3. The first-order chi connectivity index (χ1) is 10.1. The standard InChI is InChI=1S/C15H21N3O3/c1-16-8-5-9-17(2)15(21)18-12-7-4-3-6-11(12)10-13(18)14(19)20/h3-4,6-7,13,16H,5,8-10H2,1-2H3,(H,19,20). The van der Waals surface area contributed by atoms with Crippen LogP contribution in [-0.4, -0.2) is 55.2 Å². The molecule has 1 aromatic carbocycles. The van der Waals surface area contributed by atoms with Gasteiger partial charge in [0.15, 0.2) is 0 Å². The van der Waals surface area contributed by atoms with Crippen molar-refractivity contribution < 1.29 is 14.7 Å². The predicted molar refractivity (Wildman–Crippen MR) is 80.6 cm³/mol. The third-order valence-corrected chi connectivity index (χ3v) is 3.71. The molecule has 2 rings (SSSR count). The van der Waals surface area contributed by atoms with E-state index in [2.05, 4.69) is 5.32 Å².